The third-order valence-electron chi connectivity index (χ3n) is 3.53. The van der Waals surface area contributed by atoms with Gasteiger partial charge in [-0.05, 0) is 31.0 Å². The lowest BCUT2D eigenvalue weighted by Crippen LogP contribution is -2.38. The first-order valence-corrected chi connectivity index (χ1v) is 6.63. The molecule has 0 spiro atoms. The van der Waals surface area contributed by atoms with Crippen LogP contribution in [0, 0.1) is 5.92 Å². The number of rotatable bonds is 4. The van der Waals surface area contributed by atoms with Crippen molar-refractivity contribution in [2.75, 3.05) is 32.1 Å². The van der Waals surface area contributed by atoms with Crippen LogP contribution >= 0.6 is 0 Å². The van der Waals surface area contributed by atoms with Crippen LogP contribution in [0.3, 0.4) is 0 Å². The Morgan fingerprint density at radius 1 is 1.53 bits per heavy atom. The smallest absolute Gasteiger partial charge is 0.307 e. The number of aromatic nitrogens is 1. The van der Waals surface area contributed by atoms with Crippen molar-refractivity contribution >= 4 is 11.8 Å². The molecule has 0 bridgehead atoms. The molecule has 0 amide bonds. The predicted molar refractivity (Wildman–Crippen MR) is 74.2 cm³/mol. The van der Waals surface area contributed by atoms with E-state index in [2.05, 4.69) is 16.0 Å². The molecule has 5 nitrogen and oxygen atoms in total. The molecule has 0 radical (unpaired) electrons. The van der Waals surface area contributed by atoms with Gasteiger partial charge in [0, 0.05) is 33.4 Å². The maximum Gasteiger partial charge on any atom is 0.307 e. The molecule has 104 valence electrons. The summed E-state index contributed by atoms with van der Waals surface area (Å²) in [6, 6.07) is 4.06. The number of hydrogen-bond donors (Lipinski definition) is 1. The molecule has 2 heterocycles. The maximum absolute atomic E-state index is 11.0. The number of piperidine rings is 1. The fourth-order valence-electron chi connectivity index (χ4n) is 2.43. The Labute approximate surface area is 113 Å². The van der Waals surface area contributed by atoms with Gasteiger partial charge in [-0.1, -0.05) is 6.07 Å². The van der Waals surface area contributed by atoms with Crippen LogP contribution in [0.2, 0.25) is 0 Å². The van der Waals surface area contributed by atoms with Gasteiger partial charge in [0.2, 0.25) is 0 Å². The van der Waals surface area contributed by atoms with E-state index in [1.807, 2.05) is 31.3 Å². The Morgan fingerprint density at radius 2 is 2.32 bits per heavy atom. The average Bonchev–Trinajstić information content (AvgIpc) is 2.39. The van der Waals surface area contributed by atoms with Crippen LogP contribution in [0.4, 0.5) is 5.82 Å². The molecule has 19 heavy (non-hydrogen) atoms. The largest absolute Gasteiger partial charge is 0.481 e. The van der Waals surface area contributed by atoms with Gasteiger partial charge in [-0.2, -0.15) is 0 Å². The van der Waals surface area contributed by atoms with Crippen LogP contribution in [0.25, 0.3) is 0 Å². The third-order valence-corrected chi connectivity index (χ3v) is 3.53. The number of aliphatic carboxylic acids is 1. The zero-order valence-electron chi connectivity index (χ0n) is 11.5. The first-order chi connectivity index (χ1) is 9.06. The molecular weight excluding hydrogens is 242 g/mol. The van der Waals surface area contributed by atoms with Gasteiger partial charge in [0.05, 0.1) is 5.92 Å². The lowest BCUT2D eigenvalue weighted by molar-refractivity contribution is -0.143. The van der Waals surface area contributed by atoms with Crippen molar-refractivity contribution in [1.82, 2.24) is 9.88 Å². The lowest BCUT2D eigenvalue weighted by Gasteiger charge is -2.30. The van der Waals surface area contributed by atoms with Crippen LogP contribution in [-0.2, 0) is 11.3 Å². The average molecular weight is 263 g/mol. The van der Waals surface area contributed by atoms with E-state index in [1.54, 1.807) is 0 Å². The highest BCUT2D eigenvalue weighted by Gasteiger charge is 2.25. The number of likely N-dealkylation sites (tertiary alicyclic amines) is 1. The molecular formula is C14H21N3O2. The molecule has 1 atom stereocenters. The van der Waals surface area contributed by atoms with Gasteiger partial charge in [0.25, 0.3) is 0 Å². The lowest BCUT2D eigenvalue weighted by atomic mass is 9.98. The molecule has 1 fully saturated rings. The first-order valence-electron chi connectivity index (χ1n) is 6.63. The zero-order chi connectivity index (χ0) is 13.8. The summed E-state index contributed by atoms with van der Waals surface area (Å²) in [5.74, 6) is 0.0411. The van der Waals surface area contributed by atoms with Gasteiger partial charge < -0.3 is 10.0 Å². The maximum atomic E-state index is 11.0. The molecule has 0 saturated carbocycles. The molecule has 0 aromatic carbocycles. The molecule has 1 saturated heterocycles. The summed E-state index contributed by atoms with van der Waals surface area (Å²) in [5.41, 5.74) is 1.14. The van der Waals surface area contributed by atoms with Gasteiger partial charge in [-0.25, -0.2) is 4.98 Å². The van der Waals surface area contributed by atoms with E-state index in [0.717, 1.165) is 37.3 Å². The van der Waals surface area contributed by atoms with Crippen molar-refractivity contribution < 1.29 is 9.90 Å². The fourth-order valence-corrected chi connectivity index (χ4v) is 2.43. The number of hydrogen-bond acceptors (Lipinski definition) is 4. The second-order valence-electron chi connectivity index (χ2n) is 5.33. The molecule has 1 aliphatic rings. The fraction of sp³-hybridized carbons (Fsp3) is 0.571. The molecule has 1 N–H and O–H groups in total. The van der Waals surface area contributed by atoms with Crippen LogP contribution in [-0.4, -0.2) is 48.1 Å². The van der Waals surface area contributed by atoms with E-state index in [4.69, 9.17) is 5.11 Å². The highest BCUT2D eigenvalue weighted by molar-refractivity contribution is 5.70. The van der Waals surface area contributed by atoms with Crippen LogP contribution in [0.1, 0.15) is 18.4 Å². The second kappa shape index (κ2) is 6.02. The molecule has 1 aromatic rings. The highest BCUT2D eigenvalue weighted by atomic mass is 16.4. The summed E-state index contributed by atoms with van der Waals surface area (Å²) >= 11 is 0. The van der Waals surface area contributed by atoms with Crippen molar-refractivity contribution in [3.05, 3.63) is 23.9 Å². The summed E-state index contributed by atoms with van der Waals surface area (Å²) in [6.07, 6.45) is 3.63. The zero-order valence-corrected chi connectivity index (χ0v) is 11.5. The molecule has 5 heteroatoms. The molecule has 1 unspecified atom stereocenters. The monoisotopic (exact) mass is 263 g/mol. The van der Waals surface area contributed by atoms with Crippen LogP contribution < -0.4 is 4.90 Å². The number of carboxylic acid groups (broad SMARTS) is 1. The topological polar surface area (TPSA) is 56.7 Å². The van der Waals surface area contributed by atoms with Gasteiger partial charge in [-0.15, -0.1) is 0 Å². The van der Waals surface area contributed by atoms with Gasteiger partial charge >= 0.3 is 5.97 Å². The molecule has 1 aromatic heterocycles. The Kier molecular flexibility index (Phi) is 4.37. The minimum atomic E-state index is -0.675. The Morgan fingerprint density at radius 3 is 2.89 bits per heavy atom. The molecule has 1 aliphatic heterocycles. The number of carbonyl (C=O) groups is 1. The van der Waals surface area contributed by atoms with E-state index in [0.29, 0.717) is 6.54 Å². The van der Waals surface area contributed by atoms with E-state index >= 15 is 0 Å². The summed E-state index contributed by atoms with van der Waals surface area (Å²) < 4.78 is 0. The SMILES string of the molecule is CN(C)c1ccc(CN2CCCC(C(=O)O)C2)cn1. The summed E-state index contributed by atoms with van der Waals surface area (Å²) in [5, 5.41) is 9.08. The first kappa shape index (κ1) is 13.8. The van der Waals surface area contributed by atoms with Crippen molar-refractivity contribution in [1.29, 1.82) is 0 Å². The van der Waals surface area contributed by atoms with Crippen molar-refractivity contribution in [2.24, 2.45) is 5.92 Å². The number of pyridine rings is 1. The van der Waals surface area contributed by atoms with Crippen molar-refractivity contribution in [2.45, 2.75) is 19.4 Å². The normalized spacial score (nSPS) is 20.2. The third kappa shape index (κ3) is 3.67. The number of carboxylic acids is 1. The van der Waals surface area contributed by atoms with E-state index < -0.39 is 5.97 Å². The Balaban J connectivity index is 1.95. The Bertz CT molecular complexity index is 431. The Hall–Kier alpha value is -1.62. The van der Waals surface area contributed by atoms with Crippen LogP contribution in [0.5, 0.6) is 0 Å². The van der Waals surface area contributed by atoms with E-state index in [-0.39, 0.29) is 5.92 Å². The molecule has 2 rings (SSSR count). The minimum absolute atomic E-state index is 0.220. The predicted octanol–water partition coefficient (Wildman–Crippen LogP) is 1.44. The summed E-state index contributed by atoms with van der Waals surface area (Å²) in [7, 11) is 3.92. The van der Waals surface area contributed by atoms with E-state index in [9.17, 15) is 4.79 Å². The number of nitrogens with zero attached hydrogens (tertiary/aromatic N) is 3. The van der Waals surface area contributed by atoms with Crippen LogP contribution in [0.15, 0.2) is 18.3 Å². The van der Waals surface area contributed by atoms with Crippen molar-refractivity contribution in [3.63, 3.8) is 0 Å². The van der Waals surface area contributed by atoms with Crippen molar-refractivity contribution in [3.8, 4) is 0 Å². The quantitative estimate of drug-likeness (QED) is 0.891. The minimum Gasteiger partial charge on any atom is -0.481 e. The number of anilines is 1. The standard InChI is InChI=1S/C14H21N3O2/c1-16(2)13-6-5-11(8-15-13)9-17-7-3-4-12(10-17)14(18)19/h5-6,8,12H,3-4,7,9-10H2,1-2H3,(H,18,19). The second-order valence-corrected chi connectivity index (χ2v) is 5.33. The van der Waals surface area contributed by atoms with Gasteiger partial charge in [-0.3, -0.25) is 9.69 Å². The van der Waals surface area contributed by atoms with Gasteiger partial charge in [0.15, 0.2) is 0 Å². The highest BCUT2D eigenvalue weighted by Crippen LogP contribution is 2.19. The summed E-state index contributed by atoms with van der Waals surface area (Å²) in [4.78, 5) is 19.6. The summed E-state index contributed by atoms with van der Waals surface area (Å²) in [6.45, 7) is 2.40. The van der Waals surface area contributed by atoms with E-state index in [1.165, 1.54) is 0 Å². The van der Waals surface area contributed by atoms with Gasteiger partial charge in [0.1, 0.15) is 5.82 Å². The molecule has 0 aliphatic carbocycles.